The van der Waals surface area contributed by atoms with Crippen molar-refractivity contribution in [2.75, 3.05) is 0 Å². The van der Waals surface area contributed by atoms with E-state index in [0.717, 1.165) is 12.8 Å². The molecule has 6 heteroatoms. The molecule has 1 N–H and O–H groups in total. The van der Waals surface area contributed by atoms with Crippen LogP contribution in [0.2, 0.25) is 10.0 Å². The van der Waals surface area contributed by atoms with Crippen molar-refractivity contribution in [3.63, 3.8) is 0 Å². The van der Waals surface area contributed by atoms with Crippen molar-refractivity contribution >= 4 is 35.0 Å². The SMILES string of the molecule is CCCC(=O)N(Cc1c(Cl)cccc1Cl)C(CC)C(=O)NC(C)CC. The molecule has 1 rings (SSSR count). The number of halogens is 2. The van der Waals surface area contributed by atoms with Crippen LogP contribution in [0.4, 0.5) is 0 Å². The van der Waals surface area contributed by atoms with Gasteiger partial charge in [0.05, 0.1) is 0 Å². The van der Waals surface area contributed by atoms with E-state index in [2.05, 4.69) is 5.32 Å². The number of nitrogens with one attached hydrogen (secondary N) is 1. The first-order valence-corrected chi connectivity index (χ1v) is 9.63. The van der Waals surface area contributed by atoms with E-state index in [1.807, 2.05) is 27.7 Å². The summed E-state index contributed by atoms with van der Waals surface area (Å²) in [6.07, 6.45) is 2.46. The molecule has 0 fully saturated rings. The molecule has 2 unspecified atom stereocenters. The zero-order chi connectivity index (χ0) is 19.0. The predicted octanol–water partition coefficient (Wildman–Crippen LogP) is 4.82. The fraction of sp³-hybridized carbons (Fsp3) is 0.579. The third-order valence-electron chi connectivity index (χ3n) is 4.24. The van der Waals surface area contributed by atoms with Crippen LogP contribution in [0.25, 0.3) is 0 Å². The van der Waals surface area contributed by atoms with Crippen LogP contribution >= 0.6 is 23.2 Å². The van der Waals surface area contributed by atoms with Gasteiger partial charge in [-0.3, -0.25) is 9.59 Å². The highest BCUT2D eigenvalue weighted by molar-refractivity contribution is 6.36. The van der Waals surface area contributed by atoms with Crippen molar-refractivity contribution in [2.45, 2.75) is 72.0 Å². The minimum absolute atomic E-state index is 0.0635. The third kappa shape index (κ3) is 6.19. The number of rotatable bonds is 9. The first-order chi connectivity index (χ1) is 11.8. The lowest BCUT2D eigenvalue weighted by atomic mass is 10.1. The Bertz CT molecular complexity index is 573. The highest BCUT2D eigenvalue weighted by Gasteiger charge is 2.29. The van der Waals surface area contributed by atoms with Gasteiger partial charge in [0.2, 0.25) is 11.8 Å². The number of hydrogen-bond acceptors (Lipinski definition) is 2. The van der Waals surface area contributed by atoms with Crippen LogP contribution in [0, 0.1) is 0 Å². The van der Waals surface area contributed by atoms with E-state index in [4.69, 9.17) is 23.2 Å². The molecule has 0 radical (unpaired) electrons. The van der Waals surface area contributed by atoms with Gasteiger partial charge in [0.1, 0.15) is 6.04 Å². The molecule has 0 aliphatic rings. The van der Waals surface area contributed by atoms with Gasteiger partial charge in [0, 0.05) is 34.6 Å². The Balaban J connectivity index is 3.13. The number of carbonyl (C=O) groups excluding carboxylic acids is 2. The van der Waals surface area contributed by atoms with Crippen LogP contribution in [0.3, 0.4) is 0 Å². The second kappa shape index (κ2) is 10.7. The van der Waals surface area contributed by atoms with Crippen LogP contribution in [0.15, 0.2) is 18.2 Å². The quantitative estimate of drug-likeness (QED) is 0.661. The molecule has 140 valence electrons. The van der Waals surface area contributed by atoms with Gasteiger partial charge in [-0.15, -0.1) is 0 Å². The molecule has 0 aromatic heterocycles. The fourth-order valence-electron chi connectivity index (χ4n) is 2.57. The van der Waals surface area contributed by atoms with Gasteiger partial charge in [0.25, 0.3) is 0 Å². The normalized spacial score (nSPS) is 13.2. The van der Waals surface area contributed by atoms with Gasteiger partial charge in [-0.2, -0.15) is 0 Å². The molecule has 1 aromatic carbocycles. The fourth-order valence-corrected chi connectivity index (χ4v) is 3.09. The van der Waals surface area contributed by atoms with Crippen LogP contribution in [0.1, 0.15) is 58.9 Å². The Hall–Kier alpha value is -1.26. The maximum atomic E-state index is 12.7. The van der Waals surface area contributed by atoms with Gasteiger partial charge in [0.15, 0.2) is 0 Å². The summed E-state index contributed by atoms with van der Waals surface area (Å²) in [5.41, 5.74) is 0.671. The Morgan fingerprint density at radius 3 is 2.20 bits per heavy atom. The summed E-state index contributed by atoms with van der Waals surface area (Å²) < 4.78 is 0. The largest absolute Gasteiger partial charge is 0.352 e. The van der Waals surface area contributed by atoms with Gasteiger partial charge >= 0.3 is 0 Å². The molecule has 0 spiro atoms. The monoisotopic (exact) mass is 386 g/mol. The number of benzene rings is 1. The standard InChI is InChI=1S/C19H28Cl2N2O2/c1-5-9-18(24)23(12-14-15(20)10-8-11-16(14)21)17(7-3)19(25)22-13(4)6-2/h8,10-11,13,17H,5-7,9,12H2,1-4H3,(H,22,25). The molecule has 25 heavy (non-hydrogen) atoms. The van der Waals surface area contributed by atoms with E-state index >= 15 is 0 Å². The van der Waals surface area contributed by atoms with Gasteiger partial charge < -0.3 is 10.2 Å². The number of amides is 2. The maximum absolute atomic E-state index is 12.7. The van der Waals surface area contributed by atoms with Gasteiger partial charge in [-0.25, -0.2) is 0 Å². The molecule has 0 aliphatic carbocycles. The number of nitrogens with zero attached hydrogens (tertiary/aromatic N) is 1. The van der Waals surface area contributed by atoms with Gasteiger partial charge in [-0.1, -0.05) is 50.0 Å². The van der Waals surface area contributed by atoms with Crippen LogP contribution in [-0.4, -0.2) is 28.8 Å². The van der Waals surface area contributed by atoms with Crippen LogP contribution in [-0.2, 0) is 16.1 Å². The highest BCUT2D eigenvalue weighted by atomic mass is 35.5. The van der Waals surface area contributed by atoms with E-state index in [-0.39, 0.29) is 24.4 Å². The third-order valence-corrected chi connectivity index (χ3v) is 4.95. The van der Waals surface area contributed by atoms with Crippen molar-refractivity contribution in [3.05, 3.63) is 33.8 Å². The van der Waals surface area contributed by atoms with Gasteiger partial charge in [-0.05, 0) is 38.3 Å². The maximum Gasteiger partial charge on any atom is 0.243 e. The van der Waals surface area contributed by atoms with Crippen LogP contribution < -0.4 is 5.32 Å². The molecule has 0 saturated carbocycles. The molecule has 0 aliphatic heterocycles. The lowest BCUT2D eigenvalue weighted by Gasteiger charge is -2.32. The molecule has 1 aromatic rings. The summed E-state index contributed by atoms with van der Waals surface area (Å²) in [7, 11) is 0. The summed E-state index contributed by atoms with van der Waals surface area (Å²) in [5, 5.41) is 3.97. The van der Waals surface area contributed by atoms with E-state index in [1.54, 1.807) is 23.1 Å². The Labute approximate surface area is 160 Å². The lowest BCUT2D eigenvalue weighted by molar-refractivity contribution is -0.141. The molecule has 4 nitrogen and oxygen atoms in total. The summed E-state index contributed by atoms with van der Waals surface area (Å²) in [6, 6.07) is 4.77. The first-order valence-electron chi connectivity index (χ1n) is 8.88. The predicted molar refractivity (Wildman–Crippen MR) is 104 cm³/mol. The molecular formula is C19H28Cl2N2O2. The average Bonchev–Trinajstić information content (AvgIpc) is 2.57. The summed E-state index contributed by atoms with van der Waals surface area (Å²) >= 11 is 12.5. The number of hydrogen-bond donors (Lipinski definition) is 1. The second-order valence-corrected chi connectivity index (χ2v) is 7.03. The molecule has 2 amide bonds. The van der Waals surface area contributed by atoms with Crippen molar-refractivity contribution in [3.8, 4) is 0 Å². The second-order valence-electron chi connectivity index (χ2n) is 6.21. The minimum Gasteiger partial charge on any atom is -0.352 e. The summed E-state index contributed by atoms with van der Waals surface area (Å²) in [5.74, 6) is -0.200. The Morgan fingerprint density at radius 1 is 1.12 bits per heavy atom. The van der Waals surface area contributed by atoms with Crippen molar-refractivity contribution in [1.82, 2.24) is 10.2 Å². The van der Waals surface area contributed by atoms with Crippen molar-refractivity contribution < 1.29 is 9.59 Å². The molecule has 2 atom stereocenters. The topological polar surface area (TPSA) is 49.4 Å². The zero-order valence-electron chi connectivity index (χ0n) is 15.4. The molecule has 0 heterocycles. The molecular weight excluding hydrogens is 359 g/mol. The first kappa shape index (κ1) is 21.8. The molecule has 0 saturated heterocycles. The highest BCUT2D eigenvalue weighted by Crippen LogP contribution is 2.27. The number of carbonyl (C=O) groups is 2. The Kier molecular flexibility index (Phi) is 9.30. The van der Waals surface area contributed by atoms with Crippen molar-refractivity contribution in [1.29, 1.82) is 0 Å². The van der Waals surface area contributed by atoms with Crippen molar-refractivity contribution in [2.24, 2.45) is 0 Å². The average molecular weight is 387 g/mol. The Morgan fingerprint density at radius 2 is 1.72 bits per heavy atom. The minimum atomic E-state index is -0.541. The van der Waals surface area contributed by atoms with E-state index in [9.17, 15) is 9.59 Å². The molecule has 0 bridgehead atoms. The lowest BCUT2D eigenvalue weighted by Crippen LogP contribution is -2.50. The zero-order valence-corrected chi connectivity index (χ0v) is 17.0. The van der Waals surface area contributed by atoms with E-state index < -0.39 is 6.04 Å². The smallest absolute Gasteiger partial charge is 0.243 e. The van der Waals surface area contributed by atoms with E-state index in [1.165, 1.54) is 0 Å². The van der Waals surface area contributed by atoms with Crippen LogP contribution in [0.5, 0.6) is 0 Å². The van der Waals surface area contributed by atoms with E-state index in [0.29, 0.717) is 28.5 Å². The summed E-state index contributed by atoms with van der Waals surface area (Å²) in [6.45, 7) is 8.03. The summed E-state index contributed by atoms with van der Waals surface area (Å²) in [4.78, 5) is 27.0.